The number of furan rings is 1. The van der Waals surface area contributed by atoms with Gasteiger partial charge < -0.3 is 14.6 Å². The van der Waals surface area contributed by atoms with E-state index >= 15 is 0 Å². The molecule has 0 unspecified atom stereocenters. The number of nitrogens with one attached hydrogen (secondary N) is 1. The molecule has 0 atom stereocenters. The quantitative estimate of drug-likeness (QED) is 0.439. The second-order valence-corrected chi connectivity index (χ2v) is 8.05. The molecule has 0 radical (unpaired) electrons. The number of aryl methyl sites for hydroxylation is 1. The van der Waals surface area contributed by atoms with Gasteiger partial charge in [-0.25, -0.2) is 4.68 Å². The molecule has 4 rings (SSSR count). The second-order valence-electron chi connectivity index (χ2n) is 7.61. The van der Waals surface area contributed by atoms with Crippen LogP contribution in [-0.4, -0.2) is 40.1 Å². The van der Waals surface area contributed by atoms with Gasteiger partial charge in [-0.3, -0.25) is 9.59 Å². The van der Waals surface area contributed by atoms with Gasteiger partial charge in [-0.15, -0.1) is 0 Å². The molecule has 4 aromatic rings. The summed E-state index contributed by atoms with van der Waals surface area (Å²) < 4.78 is 6.94. The average Bonchev–Trinajstić information content (AvgIpc) is 3.44. The monoisotopic (exact) mass is 462 g/mol. The van der Waals surface area contributed by atoms with Gasteiger partial charge in [0.25, 0.3) is 5.91 Å². The molecule has 0 saturated carbocycles. The molecule has 7 nitrogen and oxygen atoms in total. The maximum Gasteiger partial charge on any atom is 0.255 e. The van der Waals surface area contributed by atoms with Crippen molar-refractivity contribution in [2.45, 2.75) is 13.5 Å². The number of carbonyl (C=O) groups is 2. The van der Waals surface area contributed by atoms with Crippen molar-refractivity contribution in [1.29, 1.82) is 0 Å². The van der Waals surface area contributed by atoms with Gasteiger partial charge in [-0.1, -0.05) is 41.9 Å². The van der Waals surface area contributed by atoms with Crippen LogP contribution in [0.15, 0.2) is 77.5 Å². The predicted molar refractivity (Wildman–Crippen MR) is 126 cm³/mol. The Balaban J connectivity index is 1.52. The molecule has 2 amide bonds. The van der Waals surface area contributed by atoms with Crippen LogP contribution in [-0.2, 0) is 11.3 Å². The van der Waals surface area contributed by atoms with Gasteiger partial charge >= 0.3 is 0 Å². The van der Waals surface area contributed by atoms with Crippen molar-refractivity contribution in [1.82, 2.24) is 20.0 Å². The lowest BCUT2D eigenvalue weighted by Gasteiger charge is -2.17. The van der Waals surface area contributed by atoms with Crippen LogP contribution in [0.4, 0.5) is 0 Å². The Labute approximate surface area is 196 Å². The number of hydrogen-bond acceptors (Lipinski definition) is 4. The van der Waals surface area contributed by atoms with Crippen molar-refractivity contribution in [3.63, 3.8) is 0 Å². The molecule has 0 aliphatic heterocycles. The van der Waals surface area contributed by atoms with Crippen LogP contribution in [0.3, 0.4) is 0 Å². The third-order valence-corrected chi connectivity index (χ3v) is 5.52. The lowest BCUT2D eigenvalue weighted by Crippen LogP contribution is -2.37. The van der Waals surface area contributed by atoms with Gasteiger partial charge in [-0.2, -0.15) is 5.10 Å². The summed E-state index contributed by atoms with van der Waals surface area (Å²) >= 11 is 6.05. The number of likely N-dealkylation sites (N-methyl/N-ethyl adjacent to an activating group) is 1. The molecule has 0 aliphatic carbocycles. The molecule has 0 aliphatic rings. The smallest absolute Gasteiger partial charge is 0.255 e. The third kappa shape index (κ3) is 5.15. The maximum atomic E-state index is 12.7. The summed E-state index contributed by atoms with van der Waals surface area (Å²) in [6.45, 7) is 1.90. The number of rotatable bonds is 7. The van der Waals surface area contributed by atoms with Crippen molar-refractivity contribution >= 4 is 23.4 Å². The first kappa shape index (κ1) is 22.4. The normalized spacial score (nSPS) is 10.8. The Morgan fingerprint density at radius 3 is 2.48 bits per heavy atom. The van der Waals surface area contributed by atoms with Gasteiger partial charge in [0.1, 0.15) is 5.76 Å². The average molecular weight is 463 g/mol. The molecule has 33 heavy (non-hydrogen) atoms. The Kier molecular flexibility index (Phi) is 6.60. The maximum absolute atomic E-state index is 12.7. The number of aromatic nitrogens is 2. The summed E-state index contributed by atoms with van der Waals surface area (Å²) in [5, 5.41) is 8.05. The minimum Gasteiger partial charge on any atom is -0.469 e. The first-order valence-corrected chi connectivity index (χ1v) is 10.8. The molecular weight excluding hydrogens is 440 g/mol. The summed E-state index contributed by atoms with van der Waals surface area (Å²) in [5.41, 5.74) is 3.85. The zero-order valence-electron chi connectivity index (χ0n) is 18.3. The SMILES string of the molecule is Cc1occc1C(=O)NCC(=O)N(C)Cc1cn(-c2ccccc2)nc1-c1ccc(Cl)cc1. The Morgan fingerprint density at radius 1 is 1.09 bits per heavy atom. The van der Waals surface area contributed by atoms with Crippen molar-refractivity contribution < 1.29 is 14.0 Å². The highest BCUT2D eigenvalue weighted by Gasteiger charge is 2.18. The Bertz CT molecular complexity index is 1260. The molecule has 2 heterocycles. The molecule has 8 heteroatoms. The predicted octanol–water partition coefficient (Wildman–Crippen LogP) is 4.48. The molecule has 0 saturated heterocycles. The second kappa shape index (κ2) is 9.75. The number of amides is 2. The van der Waals surface area contributed by atoms with Crippen molar-refractivity contribution in [2.75, 3.05) is 13.6 Å². The summed E-state index contributed by atoms with van der Waals surface area (Å²) in [6, 6.07) is 18.8. The van der Waals surface area contributed by atoms with Crippen LogP contribution in [0.2, 0.25) is 5.02 Å². The number of halogens is 1. The van der Waals surface area contributed by atoms with E-state index in [-0.39, 0.29) is 18.4 Å². The first-order valence-electron chi connectivity index (χ1n) is 10.4. The van der Waals surface area contributed by atoms with E-state index in [4.69, 9.17) is 21.1 Å². The van der Waals surface area contributed by atoms with Crippen molar-refractivity contribution in [3.05, 3.63) is 95.0 Å². The highest BCUT2D eigenvalue weighted by molar-refractivity contribution is 6.30. The Morgan fingerprint density at radius 2 is 1.82 bits per heavy atom. The number of carbonyl (C=O) groups excluding carboxylic acids is 2. The van der Waals surface area contributed by atoms with Crippen molar-refractivity contribution in [2.24, 2.45) is 0 Å². The van der Waals surface area contributed by atoms with Gasteiger partial charge in [0.2, 0.25) is 5.91 Å². The standard InChI is InChI=1S/C25H23ClN4O3/c1-17-22(12-13-33-17)25(32)27-14-23(31)29(2)15-19-16-30(21-6-4-3-5-7-21)28-24(19)18-8-10-20(26)11-9-18/h3-13,16H,14-15H2,1-2H3,(H,27,32). The molecular formula is C25H23ClN4O3. The number of nitrogens with zero attached hydrogens (tertiary/aromatic N) is 3. The van der Waals surface area contributed by atoms with Crippen LogP contribution in [0.25, 0.3) is 16.9 Å². The van der Waals surface area contributed by atoms with Crippen LogP contribution in [0, 0.1) is 6.92 Å². The molecule has 168 valence electrons. The fraction of sp³-hybridized carbons (Fsp3) is 0.160. The summed E-state index contributed by atoms with van der Waals surface area (Å²) in [5.74, 6) is -0.0602. The number of para-hydroxylation sites is 1. The highest BCUT2D eigenvalue weighted by atomic mass is 35.5. The third-order valence-electron chi connectivity index (χ3n) is 5.27. The molecule has 0 bridgehead atoms. The van der Waals surface area contributed by atoms with Crippen LogP contribution >= 0.6 is 11.6 Å². The highest BCUT2D eigenvalue weighted by Crippen LogP contribution is 2.26. The molecule has 2 aromatic heterocycles. The lowest BCUT2D eigenvalue weighted by atomic mass is 10.1. The number of hydrogen-bond donors (Lipinski definition) is 1. The van der Waals surface area contributed by atoms with E-state index in [0.29, 0.717) is 22.9 Å². The van der Waals surface area contributed by atoms with E-state index in [1.165, 1.54) is 6.26 Å². The first-order chi connectivity index (χ1) is 15.9. The summed E-state index contributed by atoms with van der Waals surface area (Å²) in [4.78, 5) is 26.6. The zero-order valence-corrected chi connectivity index (χ0v) is 19.0. The lowest BCUT2D eigenvalue weighted by molar-refractivity contribution is -0.129. The van der Waals surface area contributed by atoms with Crippen LogP contribution in [0.1, 0.15) is 21.7 Å². The molecule has 0 fully saturated rings. The molecule has 2 aromatic carbocycles. The summed E-state index contributed by atoms with van der Waals surface area (Å²) in [7, 11) is 1.70. The Hall–Kier alpha value is -3.84. The van der Waals surface area contributed by atoms with Crippen LogP contribution < -0.4 is 5.32 Å². The fourth-order valence-corrected chi connectivity index (χ4v) is 3.57. The largest absolute Gasteiger partial charge is 0.469 e. The van der Waals surface area contributed by atoms with E-state index in [0.717, 1.165) is 22.5 Å². The minimum atomic E-state index is -0.346. The minimum absolute atomic E-state index is 0.122. The molecule has 1 N–H and O–H groups in total. The van der Waals surface area contributed by atoms with E-state index in [2.05, 4.69) is 5.32 Å². The van der Waals surface area contributed by atoms with E-state index in [9.17, 15) is 9.59 Å². The van der Waals surface area contributed by atoms with Crippen molar-refractivity contribution in [3.8, 4) is 16.9 Å². The van der Waals surface area contributed by atoms with E-state index in [1.807, 2.05) is 60.8 Å². The zero-order chi connectivity index (χ0) is 23.4. The van der Waals surface area contributed by atoms with Gasteiger partial charge in [0.15, 0.2) is 0 Å². The van der Waals surface area contributed by atoms with E-state index in [1.54, 1.807) is 29.6 Å². The fourth-order valence-electron chi connectivity index (χ4n) is 3.44. The van der Waals surface area contributed by atoms with Gasteiger partial charge in [-0.05, 0) is 37.3 Å². The van der Waals surface area contributed by atoms with E-state index < -0.39 is 0 Å². The molecule has 0 spiro atoms. The van der Waals surface area contributed by atoms with Gasteiger partial charge in [0.05, 0.1) is 29.8 Å². The van der Waals surface area contributed by atoms with Crippen LogP contribution in [0.5, 0.6) is 0 Å². The topological polar surface area (TPSA) is 80.4 Å². The summed E-state index contributed by atoms with van der Waals surface area (Å²) in [6.07, 6.45) is 3.36. The number of benzene rings is 2. The van der Waals surface area contributed by atoms with Gasteiger partial charge in [0, 0.05) is 35.9 Å².